The average molecular weight is 274 g/mol. The molecule has 0 heterocycles. The summed E-state index contributed by atoms with van der Waals surface area (Å²) in [6, 6.07) is 11.4. The zero-order valence-electron chi connectivity index (χ0n) is 11.5. The van der Waals surface area contributed by atoms with Crippen LogP contribution in [-0.4, -0.2) is 21.3 Å². The molecule has 0 aliphatic carbocycles. The highest BCUT2D eigenvalue weighted by atomic mass is 16.4. The van der Waals surface area contributed by atoms with Gasteiger partial charge in [-0.3, -0.25) is 0 Å². The molecule has 0 fully saturated rings. The van der Waals surface area contributed by atoms with Crippen molar-refractivity contribution in [2.75, 3.05) is 0 Å². The maximum atomic E-state index is 10.6. The molecule has 4 nitrogen and oxygen atoms in total. The van der Waals surface area contributed by atoms with E-state index in [2.05, 4.69) is 0 Å². The molecule has 0 unspecified atom stereocenters. The fourth-order valence-corrected chi connectivity index (χ4v) is 1.63. The Hall–Kier alpha value is -2.49. The fourth-order valence-electron chi connectivity index (χ4n) is 1.63. The van der Waals surface area contributed by atoms with E-state index in [-0.39, 0.29) is 11.3 Å². The second kappa shape index (κ2) is 7.19. The van der Waals surface area contributed by atoms with Crippen LogP contribution < -0.4 is 0 Å². The summed E-state index contributed by atoms with van der Waals surface area (Å²) >= 11 is 0. The summed E-state index contributed by atoms with van der Waals surface area (Å²) in [5.74, 6) is -0.515. The molecule has 2 rings (SSSR count). The maximum Gasteiger partial charge on any atom is 0.335 e. The second-order valence-electron chi connectivity index (χ2n) is 4.34. The van der Waals surface area contributed by atoms with Gasteiger partial charge >= 0.3 is 5.97 Å². The Morgan fingerprint density at radius 3 is 2.00 bits per heavy atom. The van der Waals surface area contributed by atoms with E-state index in [1.54, 1.807) is 12.1 Å². The molecule has 106 valence electrons. The Morgan fingerprint density at radius 2 is 1.55 bits per heavy atom. The van der Waals surface area contributed by atoms with E-state index < -0.39 is 5.97 Å². The third-order valence-corrected chi connectivity index (χ3v) is 2.73. The summed E-state index contributed by atoms with van der Waals surface area (Å²) in [5, 5.41) is 26.5. The molecular weight excluding hydrogens is 256 g/mol. The van der Waals surface area contributed by atoms with Crippen LogP contribution in [-0.2, 0) is 6.42 Å². The predicted molar refractivity (Wildman–Crippen MR) is 77.3 cm³/mol. The number of aromatic carboxylic acids is 1. The summed E-state index contributed by atoms with van der Waals surface area (Å²) in [5.41, 5.74) is 2.08. The maximum absolute atomic E-state index is 10.6. The van der Waals surface area contributed by atoms with Gasteiger partial charge in [-0.05, 0) is 49.2 Å². The molecule has 0 aromatic heterocycles. The monoisotopic (exact) mass is 274 g/mol. The van der Waals surface area contributed by atoms with Crippen molar-refractivity contribution in [1.29, 1.82) is 0 Å². The van der Waals surface area contributed by atoms with Crippen LogP contribution in [0.1, 0.15) is 28.4 Å². The number of carboxylic acid groups (broad SMARTS) is 1. The molecule has 0 atom stereocenters. The fraction of sp³-hybridized carbons (Fsp3) is 0.188. The lowest BCUT2D eigenvalue weighted by molar-refractivity contribution is 0.0695. The van der Waals surface area contributed by atoms with Gasteiger partial charge in [-0.25, -0.2) is 4.79 Å². The number of carbonyl (C=O) groups is 1. The first-order valence-electron chi connectivity index (χ1n) is 6.25. The van der Waals surface area contributed by atoms with Gasteiger partial charge in [0.25, 0.3) is 0 Å². The van der Waals surface area contributed by atoms with Crippen molar-refractivity contribution in [2.45, 2.75) is 20.3 Å². The van der Waals surface area contributed by atoms with Crippen molar-refractivity contribution in [1.82, 2.24) is 0 Å². The number of benzene rings is 2. The van der Waals surface area contributed by atoms with Crippen LogP contribution in [0.3, 0.4) is 0 Å². The van der Waals surface area contributed by atoms with Crippen molar-refractivity contribution in [2.24, 2.45) is 0 Å². The van der Waals surface area contributed by atoms with Gasteiger partial charge in [-0.1, -0.05) is 24.6 Å². The highest BCUT2D eigenvalue weighted by molar-refractivity contribution is 5.89. The van der Waals surface area contributed by atoms with E-state index in [1.165, 1.54) is 23.8 Å². The lowest BCUT2D eigenvalue weighted by atomic mass is 10.1. The zero-order valence-corrected chi connectivity index (χ0v) is 11.5. The van der Waals surface area contributed by atoms with E-state index >= 15 is 0 Å². The second-order valence-corrected chi connectivity index (χ2v) is 4.34. The highest BCUT2D eigenvalue weighted by Gasteiger charge is 2.08. The average Bonchev–Trinajstić information content (AvgIpc) is 2.42. The molecule has 0 spiro atoms. The minimum Gasteiger partial charge on any atom is -0.508 e. The molecule has 0 bridgehead atoms. The highest BCUT2D eigenvalue weighted by Crippen LogP contribution is 2.16. The van der Waals surface area contributed by atoms with Crippen molar-refractivity contribution in [3.63, 3.8) is 0 Å². The molecule has 0 amide bonds. The Balaban J connectivity index is 0.000000217. The quantitative estimate of drug-likeness (QED) is 0.784. The zero-order chi connectivity index (χ0) is 15.1. The third kappa shape index (κ3) is 4.65. The number of hydrogen-bond donors (Lipinski definition) is 3. The summed E-state index contributed by atoms with van der Waals surface area (Å²) in [7, 11) is 0. The van der Waals surface area contributed by atoms with Gasteiger partial charge in [0.2, 0.25) is 0 Å². The SMILES string of the molecule is CCc1cc(O)ccc1C(=O)O.Cc1ccc(O)cc1. The Bertz CT molecular complexity index is 553. The van der Waals surface area contributed by atoms with Crippen LogP contribution in [0.4, 0.5) is 0 Å². The summed E-state index contributed by atoms with van der Waals surface area (Å²) in [6.45, 7) is 3.83. The topological polar surface area (TPSA) is 77.8 Å². The molecule has 0 radical (unpaired) electrons. The third-order valence-electron chi connectivity index (χ3n) is 2.73. The smallest absolute Gasteiger partial charge is 0.335 e. The van der Waals surface area contributed by atoms with E-state index in [0.717, 1.165) is 0 Å². The molecule has 4 heteroatoms. The lowest BCUT2D eigenvalue weighted by Gasteiger charge is -2.02. The number of carboxylic acids is 1. The Labute approximate surface area is 117 Å². The van der Waals surface area contributed by atoms with Gasteiger partial charge in [0.15, 0.2) is 0 Å². The minimum absolute atomic E-state index is 0.108. The summed E-state index contributed by atoms with van der Waals surface area (Å²) in [4.78, 5) is 10.6. The predicted octanol–water partition coefficient (Wildman–Crippen LogP) is 3.35. The van der Waals surface area contributed by atoms with Crippen LogP contribution in [0.25, 0.3) is 0 Å². The minimum atomic E-state index is -0.952. The van der Waals surface area contributed by atoms with Crippen molar-refractivity contribution in [3.05, 3.63) is 59.2 Å². The molecule has 0 aliphatic rings. The van der Waals surface area contributed by atoms with Crippen molar-refractivity contribution in [3.8, 4) is 11.5 Å². The number of phenols is 2. The van der Waals surface area contributed by atoms with Crippen LogP contribution in [0, 0.1) is 6.92 Å². The van der Waals surface area contributed by atoms with Crippen molar-refractivity contribution >= 4 is 5.97 Å². The number of hydrogen-bond acceptors (Lipinski definition) is 3. The van der Waals surface area contributed by atoms with Crippen LogP contribution in [0.15, 0.2) is 42.5 Å². The largest absolute Gasteiger partial charge is 0.508 e. The van der Waals surface area contributed by atoms with Gasteiger partial charge < -0.3 is 15.3 Å². The lowest BCUT2D eigenvalue weighted by Crippen LogP contribution is -2.00. The molecule has 0 saturated heterocycles. The molecule has 2 aromatic carbocycles. The molecule has 3 N–H and O–H groups in total. The first-order valence-corrected chi connectivity index (χ1v) is 6.25. The summed E-state index contributed by atoms with van der Waals surface area (Å²) in [6.07, 6.45) is 0.607. The number of aromatic hydroxyl groups is 2. The van der Waals surface area contributed by atoms with Gasteiger partial charge in [0.1, 0.15) is 11.5 Å². The van der Waals surface area contributed by atoms with Gasteiger partial charge in [0, 0.05) is 0 Å². The van der Waals surface area contributed by atoms with Gasteiger partial charge in [-0.2, -0.15) is 0 Å². The first kappa shape index (κ1) is 15.6. The van der Waals surface area contributed by atoms with Gasteiger partial charge in [-0.15, -0.1) is 0 Å². The number of rotatable bonds is 2. The van der Waals surface area contributed by atoms with E-state index in [4.69, 9.17) is 15.3 Å². The molecular formula is C16H18O4. The molecule has 0 saturated carbocycles. The van der Waals surface area contributed by atoms with Crippen LogP contribution in [0.2, 0.25) is 0 Å². The van der Waals surface area contributed by atoms with Crippen LogP contribution >= 0.6 is 0 Å². The molecule has 2 aromatic rings. The Morgan fingerprint density at radius 1 is 1.00 bits per heavy atom. The number of phenolic OH excluding ortho intramolecular Hbond substituents is 2. The Kier molecular flexibility index (Phi) is 5.59. The van der Waals surface area contributed by atoms with Crippen LogP contribution in [0.5, 0.6) is 11.5 Å². The molecule has 0 aliphatic heterocycles. The summed E-state index contributed by atoms with van der Waals surface area (Å²) < 4.78 is 0. The number of aryl methyl sites for hydroxylation is 2. The van der Waals surface area contributed by atoms with E-state index in [1.807, 2.05) is 26.0 Å². The normalized spacial score (nSPS) is 9.50. The standard InChI is InChI=1S/C9H10O3.C7H8O/c1-2-6-5-7(10)3-4-8(6)9(11)12;1-6-2-4-7(8)5-3-6/h3-5,10H,2H2,1H3,(H,11,12);2-5,8H,1H3. The van der Waals surface area contributed by atoms with Gasteiger partial charge in [0.05, 0.1) is 5.56 Å². The van der Waals surface area contributed by atoms with Crippen molar-refractivity contribution < 1.29 is 20.1 Å². The molecule has 20 heavy (non-hydrogen) atoms. The first-order chi connectivity index (χ1) is 9.43. The van der Waals surface area contributed by atoms with E-state index in [0.29, 0.717) is 17.7 Å². The van der Waals surface area contributed by atoms with E-state index in [9.17, 15) is 4.79 Å².